The highest BCUT2D eigenvalue weighted by atomic mass is 16.5. The van der Waals surface area contributed by atoms with Crippen molar-refractivity contribution in [2.45, 2.75) is 25.7 Å². The van der Waals surface area contributed by atoms with Crippen LogP contribution in [0.4, 0.5) is 5.69 Å². The average molecular weight is 496 g/mol. The maximum Gasteiger partial charge on any atom is 0.291 e. The smallest absolute Gasteiger partial charge is 0.291 e. The summed E-state index contributed by atoms with van der Waals surface area (Å²) >= 11 is 0. The van der Waals surface area contributed by atoms with Crippen molar-refractivity contribution in [3.8, 4) is 5.75 Å². The Bertz CT molecular complexity index is 1250. The molecule has 0 radical (unpaired) electrons. The summed E-state index contributed by atoms with van der Waals surface area (Å²) in [6, 6.07) is 25.4. The van der Waals surface area contributed by atoms with Gasteiger partial charge in [0.2, 0.25) is 0 Å². The molecule has 0 atom stereocenters. The van der Waals surface area contributed by atoms with Crippen LogP contribution in [0.25, 0.3) is 6.08 Å². The molecule has 1 fully saturated rings. The molecule has 5 rings (SSSR count). The van der Waals surface area contributed by atoms with Crippen molar-refractivity contribution in [3.63, 3.8) is 0 Å². The number of carbonyl (C=O) groups excluding carboxylic acids is 2. The molecule has 0 bridgehead atoms. The van der Waals surface area contributed by atoms with Crippen molar-refractivity contribution in [1.29, 1.82) is 0 Å². The number of fused-ring (bicyclic) bond motifs is 1. The summed E-state index contributed by atoms with van der Waals surface area (Å²) in [6.07, 6.45) is 6.23. The minimum atomic E-state index is -0.332. The van der Waals surface area contributed by atoms with Gasteiger partial charge < -0.3 is 20.3 Å². The van der Waals surface area contributed by atoms with Crippen LogP contribution in [0.3, 0.4) is 0 Å². The lowest BCUT2D eigenvalue weighted by molar-refractivity contribution is -0.115. The minimum absolute atomic E-state index is 0.149. The van der Waals surface area contributed by atoms with Crippen LogP contribution < -0.4 is 15.4 Å². The normalized spacial score (nSPS) is 17.1. The molecule has 2 aliphatic rings. The quantitative estimate of drug-likeness (QED) is 0.336. The number of rotatable bonds is 8. The SMILES string of the molecule is O=C1Nc2cc(C(=O)NCCCN3CCC(Cc4ccccc4)CC3)ccc2O/C1=C/c1ccccc1. The average Bonchev–Trinajstić information content (AvgIpc) is 2.93. The zero-order valence-electron chi connectivity index (χ0n) is 21.0. The van der Waals surface area contributed by atoms with Gasteiger partial charge in [-0.1, -0.05) is 60.7 Å². The van der Waals surface area contributed by atoms with E-state index in [9.17, 15) is 9.59 Å². The summed E-state index contributed by atoms with van der Waals surface area (Å²) < 4.78 is 5.80. The summed E-state index contributed by atoms with van der Waals surface area (Å²) in [5, 5.41) is 5.84. The fourth-order valence-corrected chi connectivity index (χ4v) is 4.97. The van der Waals surface area contributed by atoms with Gasteiger partial charge in [-0.3, -0.25) is 9.59 Å². The number of hydrogen-bond donors (Lipinski definition) is 2. The Balaban J connectivity index is 1.06. The first-order chi connectivity index (χ1) is 18.1. The number of anilines is 1. The number of nitrogens with zero attached hydrogens (tertiary/aromatic N) is 1. The lowest BCUT2D eigenvalue weighted by Gasteiger charge is -2.32. The molecule has 0 unspecified atom stereocenters. The standard InChI is InChI=1S/C31H33N3O3/c35-30(32-16-7-17-34-18-14-25(15-19-34)20-23-8-3-1-4-9-23)26-12-13-28-27(22-26)33-31(36)29(37-28)21-24-10-5-2-6-11-24/h1-6,8-13,21-22,25H,7,14-20H2,(H,32,35)(H,33,36)/b29-21+. The molecule has 2 heterocycles. The van der Waals surface area contributed by atoms with Gasteiger partial charge in [0.1, 0.15) is 0 Å². The van der Waals surface area contributed by atoms with Gasteiger partial charge in [-0.25, -0.2) is 0 Å². The molecule has 0 aliphatic carbocycles. The van der Waals surface area contributed by atoms with Gasteiger partial charge in [-0.05, 0) is 86.6 Å². The van der Waals surface area contributed by atoms with Crippen LogP contribution in [0.15, 0.2) is 84.6 Å². The zero-order chi connectivity index (χ0) is 25.5. The molecular weight excluding hydrogens is 462 g/mol. The van der Waals surface area contributed by atoms with Crippen molar-refractivity contribution in [2.24, 2.45) is 5.92 Å². The number of ether oxygens (including phenoxy) is 1. The van der Waals surface area contributed by atoms with Gasteiger partial charge in [-0.2, -0.15) is 0 Å². The summed E-state index contributed by atoms with van der Waals surface area (Å²) in [5.41, 5.74) is 3.31. The maximum atomic E-state index is 12.7. The van der Waals surface area contributed by atoms with Crippen molar-refractivity contribution in [3.05, 3.63) is 101 Å². The number of piperidine rings is 1. The topological polar surface area (TPSA) is 70.7 Å². The molecule has 2 N–H and O–H groups in total. The first-order valence-electron chi connectivity index (χ1n) is 13.1. The van der Waals surface area contributed by atoms with Crippen LogP contribution in [0, 0.1) is 5.92 Å². The van der Waals surface area contributed by atoms with E-state index in [2.05, 4.69) is 45.9 Å². The van der Waals surface area contributed by atoms with Crippen molar-refractivity contribution in [1.82, 2.24) is 10.2 Å². The maximum absolute atomic E-state index is 12.7. The van der Waals surface area contributed by atoms with Crippen LogP contribution in [0.1, 0.15) is 40.7 Å². The number of hydrogen-bond acceptors (Lipinski definition) is 4. The van der Waals surface area contributed by atoms with Crippen LogP contribution in [0.5, 0.6) is 5.75 Å². The van der Waals surface area contributed by atoms with Gasteiger partial charge in [0.15, 0.2) is 11.5 Å². The first-order valence-corrected chi connectivity index (χ1v) is 13.1. The number of likely N-dealkylation sites (tertiary alicyclic amines) is 1. The lowest BCUT2D eigenvalue weighted by Crippen LogP contribution is -2.36. The molecule has 3 aromatic carbocycles. The second-order valence-corrected chi connectivity index (χ2v) is 9.77. The van der Waals surface area contributed by atoms with E-state index in [-0.39, 0.29) is 17.6 Å². The van der Waals surface area contributed by atoms with Crippen LogP contribution in [0.2, 0.25) is 0 Å². The molecule has 37 heavy (non-hydrogen) atoms. The summed E-state index contributed by atoms with van der Waals surface area (Å²) in [7, 11) is 0. The lowest BCUT2D eigenvalue weighted by atomic mass is 9.90. The molecule has 3 aromatic rings. The molecule has 0 spiro atoms. The summed E-state index contributed by atoms with van der Waals surface area (Å²) in [4.78, 5) is 27.7. The first kappa shape index (κ1) is 24.8. The highest BCUT2D eigenvalue weighted by Crippen LogP contribution is 2.32. The largest absolute Gasteiger partial charge is 0.449 e. The van der Waals surface area contributed by atoms with Crippen molar-refractivity contribution >= 4 is 23.6 Å². The van der Waals surface area contributed by atoms with Gasteiger partial charge in [0.05, 0.1) is 5.69 Å². The number of benzene rings is 3. The molecule has 0 saturated carbocycles. The van der Waals surface area contributed by atoms with Gasteiger partial charge in [-0.15, -0.1) is 0 Å². The Morgan fingerprint density at radius 3 is 2.49 bits per heavy atom. The molecular formula is C31H33N3O3. The Morgan fingerprint density at radius 1 is 1.00 bits per heavy atom. The van der Waals surface area contributed by atoms with Crippen LogP contribution in [-0.4, -0.2) is 42.9 Å². The molecule has 2 amide bonds. The predicted octanol–water partition coefficient (Wildman–Crippen LogP) is 5.13. The molecule has 1 saturated heterocycles. The van der Waals surface area contributed by atoms with Crippen LogP contribution in [-0.2, 0) is 11.2 Å². The van der Waals surface area contributed by atoms with Gasteiger partial charge in [0, 0.05) is 12.1 Å². The Labute approximate surface area is 218 Å². The number of amides is 2. The second-order valence-electron chi connectivity index (χ2n) is 9.77. The molecule has 6 nitrogen and oxygen atoms in total. The highest BCUT2D eigenvalue weighted by Gasteiger charge is 2.23. The molecule has 0 aromatic heterocycles. The van der Waals surface area contributed by atoms with E-state index in [1.807, 2.05) is 30.3 Å². The molecule has 190 valence electrons. The van der Waals surface area contributed by atoms with Gasteiger partial charge in [0.25, 0.3) is 11.8 Å². The van der Waals surface area contributed by atoms with E-state index in [1.54, 1.807) is 24.3 Å². The van der Waals surface area contributed by atoms with Crippen molar-refractivity contribution < 1.29 is 14.3 Å². The van der Waals surface area contributed by atoms with E-state index in [0.717, 1.165) is 37.5 Å². The Kier molecular flexibility index (Phi) is 7.96. The summed E-state index contributed by atoms with van der Waals surface area (Å²) in [6.45, 7) is 3.85. The molecule has 6 heteroatoms. The van der Waals surface area contributed by atoms with Crippen LogP contribution >= 0.6 is 0 Å². The fraction of sp³-hybridized carbons (Fsp3) is 0.290. The third kappa shape index (κ3) is 6.66. The molecule has 2 aliphatic heterocycles. The second kappa shape index (κ2) is 11.9. The number of carbonyl (C=O) groups is 2. The summed E-state index contributed by atoms with van der Waals surface area (Å²) in [5.74, 6) is 1.02. The number of nitrogens with one attached hydrogen (secondary N) is 2. The zero-order valence-corrected chi connectivity index (χ0v) is 21.0. The van der Waals surface area contributed by atoms with Crippen molar-refractivity contribution in [2.75, 3.05) is 31.5 Å². The monoisotopic (exact) mass is 495 g/mol. The minimum Gasteiger partial charge on any atom is -0.449 e. The van der Waals surface area contributed by atoms with E-state index in [1.165, 1.54) is 24.8 Å². The van der Waals surface area contributed by atoms with E-state index in [0.29, 0.717) is 23.5 Å². The third-order valence-electron chi connectivity index (χ3n) is 7.04. The van der Waals surface area contributed by atoms with E-state index < -0.39 is 0 Å². The van der Waals surface area contributed by atoms with Gasteiger partial charge >= 0.3 is 0 Å². The fourth-order valence-electron chi connectivity index (χ4n) is 4.97. The Morgan fingerprint density at radius 2 is 1.73 bits per heavy atom. The third-order valence-corrected chi connectivity index (χ3v) is 7.04. The van der Waals surface area contributed by atoms with E-state index in [4.69, 9.17) is 4.74 Å². The predicted molar refractivity (Wildman–Crippen MR) is 146 cm³/mol. The highest BCUT2D eigenvalue weighted by molar-refractivity contribution is 6.09. The Hall–Kier alpha value is -3.90. The van der Waals surface area contributed by atoms with E-state index >= 15 is 0 Å².